The molecule has 0 aliphatic rings. The Balaban J connectivity index is 6.10. The van der Waals surface area contributed by atoms with Crippen LogP contribution in [0.5, 0.6) is 0 Å². The van der Waals surface area contributed by atoms with E-state index in [0.29, 0.717) is 0 Å². The number of carbonyl (C=O) groups is 1. The summed E-state index contributed by atoms with van der Waals surface area (Å²) in [5, 5.41) is 10.4. The Morgan fingerprint density at radius 2 is 1.35 bits per heavy atom. The molecular weight excluding hydrogens is 282 g/mol. The molecule has 0 aromatic carbocycles. The Morgan fingerprint density at radius 3 is 1.53 bits per heavy atom. The van der Waals surface area contributed by atoms with E-state index in [1.807, 2.05) is 0 Å². The van der Waals surface area contributed by atoms with Gasteiger partial charge in [-0.3, -0.25) is 4.79 Å². The Kier molecular flexibility index (Phi) is 3.89. The molecule has 0 N–H and O–H groups in total. The van der Waals surface area contributed by atoms with Crippen molar-refractivity contribution in [1.29, 1.82) is 0 Å². The molecule has 0 spiro atoms. The number of sulfone groups is 1. The van der Waals surface area contributed by atoms with Crippen LogP contribution >= 0.6 is 0 Å². The maximum absolute atomic E-state index is 11.8. The van der Waals surface area contributed by atoms with Crippen molar-refractivity contribution >= 4 is 15.6 Å². The third kappa shape index (κ3) is 3.91. The molecule has 0 aromatic rings. The highest BCUT2D eigenvalue weighted by Gasteiger charge is 2.47. The Labute approximate surface area is 90.4 Å². The van der Waals surface area contributed by atoms with Crippen molar-refractivity contribution < 1.29 is 44.7 Å². The predicted molar refractivity (Wildman–Crippen MR) is 39.0 cm³/mol. The third-order valence-electron chi connectivity index (χ3n) is 1.30. The van der Waals surface area contributed by atoms with Crippen LogP contribution in [-0.4, -0.2) is 32.8 Å². The van der Waals surface area contributed by atoms with Crippen molar-refractivity contribution in [2.75, 3.05) is 6.26 Å². The monoisotopic (exact) mass is 285 g/mol. The molecule has 0 aliphatic heterocycles. The Morgan fingerprint density at radius 1 is 1.00 bits per heavy atom. The number of allylic oxidation sites excluding steroid dienone is 2. The zero-order valence-electron chi connectivity index (χ0n) is 7.81. The lowest BCUT2D eigenvalue weighted by atomic mass is 10.3. The van der Waals surface area contributed by atoms with Crippen LogP contribution in [-0.2, 0) is 14.6 Å². The average molecular weight is 285 g/mol. The lowest BCUT2D eigenvalue weighted by Crippen LogP contribution is -2.35. The van der Waals surface area contributed by atoms with E-state index in [9.17, 15) is 44.7 Å². The Hall–Kier alpha value is -1.26. The number of Topliss-reactive ketones (excluding diaryl/α,β-unsaturated/α-hetero) is 1. The largest absolute Gasteiger partial charge is 0.868 e. The molecule has 0 saturated heterocycles. The van der Waals surface area contributed by atoms with Gasteiger partial charge in [-0.15, -0.1) is 0 Å². The van der Waals surface area contributed by atoms with Crippen molar-refractivity contribution in [3.05, 3.63) is 10.7 Å². The number of alkyl halides is 6. The smallest absolute Gasteiger partial charge is 0.455 e. The van der Waals surface area contributed by atoms with Gasteiger partial charge in [-0.1, -0.05) is 0 Å². The molecule has 0 rings (SSSR count). The summed E-state index contributed by atoms with van der Waals surface area (Å²) < 4.78 is 92.2. The molecule has 0 bridgehead atoms. The van der Waals surface area contributed by atoms with E-state index in [0.717, 1.165) is 0 Å². The molecule has 0 aromatic heterocycles. The van der Waals surface area contributed by atoms with Crippen molar-refractivity contribution in [2.45, 2.75) is 12.4 Å². The normalized spacial score (nSPS) is 15.5. The summed E-state index contributed by atoms with van der Waals surface area (Å²) in [6, 6.07) is 0. The molecule has 0 atom stereocenters. The second-order valence-corrected chi connectivity index (χ2v) is 4.71. The number of ketones is 1. The summed E-state index contributed by atoms with van der Waals surface area (Å²) in [6.07, 6.45) is -11.9. The second-order valence-electron chi connectivity index (χ2n) is 2.76. The van der Waals surface area contributed by atoms with Crippen molar-refractivity contribution in [2.24, 2.45) is 0 Å². The van der Waals surface area contributed by atoms with Gasteiger partial charge in [0.25, 0.3) is 5.78 Å². The summed E-state index contributed by atoms with van der Waals surface area (Å²) in [6.45, 7) is 0. The highest BCUT2D eigenvalue weighted by molar-refractivity contribution is 7.95. The highest BCUT2D eigenvalue weighted by atomic mass is 32.2. The van der Waals surface area contributed by atoms with Gasteiger partial charge in [-0.25, -0.2) is 8.42 Å². The topological polar surface area (TPSA) is 74.3 Å². The first-order valence-electron chi connectivity index (χ1n) is 3.49. The number of hydrogen-bond acceptors (Lipinski definition) is 4. The second kappa shape index (κ2) is 4.20. The van der Waals surface area contributed by atoms with E-state index in [2.05, 4.69) is 0 Å². The van der Waals surface area contributed by atoms with Gasteiger partial charge in [-0.2, -0.15) is 26.3 Å². The average Bonchev–Trinajstić information content (AvgIpc) is 1.97. The molecule has 0 saturated carbocycles. The molecule has 11 heteroatoms. The number of halogens is 6. The fraction of sp³-hybridized carbons (Fsp3) is 0.500. The molecular formula is C6H3F6O4S-. The summed E-state index contributed by atoms with van der Waals surface area (Å²) in [5.41, 5.74) is 0. The van der Waals surface area contributed by atoms with Crippen LogP contribution < -0.4 is 5.11 Å². The van der Waals surface area contributed by atoms with Gasteiger partial charge in [0.1, 0.15) is 4.91 Å². The molecule has 4 nitrogen and oxygen atoms in total. The molecule has 0 radical (unpaired) electrons. The van der Waals surface area contributed by atoms with E-state index >= 15 is 0 Å². The van der Waals surface area contributed by atoms with E-state index in [1.165, 1.54) is 0 Å². The van der Waals surface area contributed by atoms with Gasteiger partial charge in [0.2, 0.25) is 0 Å². The van der Waals surface area contributed by atoms with Gasteiger partial charge in [0.05, 0.1) is 0 Å². The maximum atomic E-state index is 11.8. The maximum Gasteiger partial charge on any atom is 0.455 e. The highest BCUT2D eigenvalue weighted by Crippen LogP contribution is 2.30. The molecule has 17 heavy (non-hydrogen) atoms. The summed E-state index contributed by atoms with van der Waals surface area (Å²) >= 11 is 0. The molecule has 0 aliphatic carbocycles. The number of rotatable bonds is 2. The third-order valence-corrected chi connectivity index (χ3v) is 2.41. The molecule has 100 valence electrons. The molecule has 0 fully saturated rings. The van der Waals surface area contributed by atoms with Gasteiger partial charge in [-0.05, 0) is 5.76 Å². The predicted octanol–water partition coefficient (Wildman–Crippen LogP) is 0.297. The minimum atomic E-state index is -5.89. The van der Waals surface area contributed by atoms with E-state index in [4.69, 9.17) is 0 Å². The summed E-state index contributed by atoms with van der Waals surface area (Å²) in [5.74, 6) is -6.69. The quantitative estimate of drug-likeness (QED) is 0.415. The van der Waals surface area contributed by atoms with Crippen molar-refractivity contribution in [3.8, 4) is 0 Å². The van der Waals surface area contributed by atoms with Crippen LogP contribution in [0.1, 0.15) is 0 Å². The number of carbonyl (C=O) groups excluding carboxylic acids is 1. The minimum Gasteiger partial charge on any atom is -0.868 e. The standard InChI is InChI=1S/C6H4F6O4S/c1-17(15,16)2(3(13)5(7,8)9)4(14)6(10,11)12/h13H,1H3/p-1. The van der Waals surface area contributed by atoms with Crippen LogP contribution in [0, 0.1) is 0 Å². The van der Waals surface area contributed by atoms with Crippen LogP contribution in [0.3, 0.4) is 0 Å². The molecule has 0 heterocycles. The van der Waals surface area contributed by atoms with Crippen molar-refractivity contribution in [3.63, 3.8) is 0 Å². The summed E-state index contributed by atoms with van der Waals surface area (Å²) in [4.78, 5) is 7.60. The number of hydrogen-bond donors (Lipinski definition) is 0. The van der Waals surface area contributed by atoms with E-state index in [-0.39, 0.29) is 6.26 Å². The lowest BCUT2D eigenvalue weighted by Gasteiger charge is -2.20. The molecule has 0 unspecified atom stereocenters. The van der Waals surface area contributed by atoms with E-state index in [1.54, 1.807) is 0 Å². The lowest BCUT2D eigenvalue weighted by molar-refractivity contribution is -0.360. The zero-order valence-corrected chi connectivity index (χ0v) is 8.63. The van der Waals surface area contributed by atoms with Crippen LogP contribution in [0.2, 0.25) is 0 Å². The SMILES string of the molecule is CS(=O)(=O)C(C(=O)C(F)(F)F)=C([O-])C(F)(F)F. The first kappa shape index (κ1) is 15.7. The van der Waals surface area contributed by atoms with Crippen LogP contribution in [0.25, 0.3) is 0 Å². The van der Waals surface area contributed by atoms with Crippen molar-refractivity contribution in [1.82, 2.24) is 0 Å². The Bertz CT molecular complexity index is 454. The fourth-order valence-electron chi connectivity index (χ4n) is 0.697. The van der Waals surface area contributed by atoms with Gasteiger partial charge in [0, 0.05) is 6.26 Å². The fourth-order valence-corrected chi connectivity index (χ4v) is 1.60. The van der Waals surface area contributed by atoms with Crippen LogP contribution in [0.15, 0.2) is 10.7 Å². The first-order valence-corrected chi connectivity index (χ1v) is 5.38. The summed E-state index contributed by atoms with van der Waals surface area (Å²) in [7, 11) is -5.25. The first-order chi connectivity index (χ1) is 7.19. The zero-order chi connectivity index (χ0) is 14.2. The van der Waals surface area contributed by atoms with Gasteiger partial charge >= 0.3 is 12.4 Å². The van der Waals surface area contributed by atoms with Crippen LogP contribution in [0.4, 0.5) is 26.3 Å². The minimum absolute atomic E-state index is 0.102. The van der Waals surface area contributed by atoms with Gasteiger partial charge in [0.15, 0.2) is 9.84 Å². The van der Waals surface area contributed by atoms with Gasteiger partial charge < -0.3 is 5.11 Å². The van der Waals surface area contributed by atoms with E-state index < -0.39 is 38.6 Å². The molecule has 0 amide bonds.